The maximum absolute atomic E-state index is 11.9. The van der Waals surface area contributed by atoms with Gasteiger partial charge in [-0.2, -0.15) is 5.10 Å². The average Bonchev–Trinajstić information content (AvgIpc) is 2.81. The first kappa shape index (κ1) is 16.6. The summed E-state index contributed by atoms with van der Waals surface area (Å²) in [5.41, 5.74) is 0. The van der Waals surface area contributed by atoms with Gasteiger partial charge in [0, 0.05) is 12.7 Å². The summed E-state index contributed by atoms with van der Waals surface area (Å²) < 4.78 is 32.7. The van der Waals surface area contributed by atoms with E-state index in [1.807, 2.05) is 13.8 Å². The van der Waals surface area contributed by atoms with Crippen LogP contribution in [0.15, 0.2) is 17.3 Å². The van der Waals surface area contributed by atoms with Gasteiger partial charge in [-0.15, -0.1) is 0 Å². The zero-order valence-corrected chi connectivity index (χ0v) is 12.3. The highest BCUT2D eigenvalue weighted by atomic mass is 32.2. The van der Waals surface area contributed by atoms with Crippen molar-refractivity contribution in [2.75, 3.05) is 13.2 Å². The van der Waals surface area contributed by atoms with Gasteiger partial charge >= 0.3 is 5.97 Å². The predicted molar refractivity (Wildman–Crippen MR) is 70.8 cm³/mol. The Morgan fingerprint density at radius 2 is 2.25 bits per heavy atom. The van der Waals surface area contributed by atoms with Gasteiger partial charge in [0.2, 0.25) is 10.0 Å². The molecular formula is C11H19N3O5S. The van der Waals surface area contributed by atoms with Crippen molar-refractivity contribution in [3.8, 4) is 0 Å². The SMILES string of the molecule is CC(C)OCCNS(=O)(=O)c1cnn(CCC(=O)O)c1. The van der Waals surface area contributed by atoms with Crippen LogP contribution in [0.5, 0.6) is 0 Å². The summed E-state index contributed by atoms with van der Waals surface area (Å²) in [7, 11) is -3.64. The molecule has 1 rings (SSSR count). The van der Waals surface area contributed by atoms with E-state index in [2.05, 4.69) is 9.82 Å². The lowest BCUT2D eigenvalue weighted by molar-refractivity contribution is -0.137. The fourth-order valence-corrected chi connectivity index (χ4v) is 2.33. The summed E-state index contributed by atoms with van der Waals surface area (Å²) in [6.07, 6.45) is 2.41. The van der Waals surface area contributed by atoms with Gasteiger partial charge in [0.05, 0.1) is 31.9 Å². The van der Waals surface area contributed by atoms with E-state index in [0.717, 1.165) is 0 Å². The van der Waals surface area contributed by atoms with Gasteiger partial charge in [0.1, 0.15) is 4.90 Å². The summed E-state index contributed by atoms with van der Waals surface area (Å²) in [5, 5.41) is 12.4. The highest BCUT2D eigenvalue weighted by Gasteiger charge is 2.16. The fourth-order valence-electron chi connectivity index (χ4n) is 1.37. The van der Waals surface area contributed by atoms with Crippen LogP contribution in [0.2, 0.25) is 0 Å². The van der Waals surface area contributed by atoms with E-state index in [4.69, 9.17) is 9.84 Å². The Morgan fingerprint density at radius 1 is 1.55 bits per heavy atom. The first-order valence-electron chi connectivity index (χ1n) is 6.17. The van der Waals surface area contributed by atoms with Crippen LogP contribution in [0, 0.1) is 0 Å². The van der Waals surface area contributed by atoms with E-state index >= 15 is 0 Å². The topological polar surface area (TPSA) is 111 Å². The van der Waals surface area contributed by atoms with Gasteiger partial charge in [-0.05, 0) is 13.8 Å². The lowest BCUT2D eigenvalue weighted by Gasteiger charge is -2.08. The quantitative estimate of drug-likeness (QED) is 0.624. The molecule has 2 N–H and O–H groups in total. The molecule has 8 nitrogen and oxygen atoms in total. The number of hydrogen-bond donors (Lipinski definition) is 2. The van der Waals surface area contributed by atoms with Gasteiger partial charge in [0.15, 0.2) is 0 Å². The van der Waals surface area contributed by atoms with Crippen LogP contribution in [0.3, 0.4) is 0 Å². The Bertz CT molecular complexity index is 538. The van der Waals surface area contributed by atoms with Crippen LogP contribution in [0.25, 0.3) is 0 Å². The Kier molecular flexibility index (Phi) is 6.11. The zero-order chi connectivity index (χ0) is 15.2. The molecule has 0 aliphatic rings. The Balaban J connectivity index is 2.53. The minimum atomic E-state index is -3.64. The van der Waals surface area contributed by atoms with E-state index < -0.39 is 16.0 Å². The second kappa shape index (κ2) is 7.36. The lowest BCUT2D eigenvalue weighted by atomic mass is 10.4. The molecule has 0 aliphatic carbocycles. The van der Waals surface area contributed by atoms with Gasteiger partial charge in [-0.25, -0.2) is 13.1 Å². The Labute approximate surface area is 117 Å². The Morgan fingerprint density at radius 3 is 2.85 bits per heavy atom. The number of aryl methyl sites for hydroxylation is 1. The molecule has 114 valence electrons. The molecule has 0 aliphatic heterocycles. The first-order chi connectivity index (χ1) is 9.31. The standard InChI is InChI=1S/C11H19N3O5S/c1-9(2)19-6-4-13-20(17,18)10-7-12-14(8-10)5-3-11(15)16/h7-9,13H,3-6H2,1-2H3,(H,15,16). The lowest BCUT2D eigenvalue weighted by Crippen LogP contribution is -2.28. The monoisotopic (exact) mass is 305 g/mol. The molecule has 0 saturated heterocycles. The highest BCUT2D eigenvalue weighted by molar-refractivity contribution is 7.89. The van der Waals surface area contributed by atoms with Gasteiger partial charge in [-0.3, -0.25) is 9.48 Å². The summed E-state index contributed by atoms with van der Waals surface area (Å²) in [6, 6.07) is 0. The number of sulfonamides is 1. The number of carbonyl (C=O) groups is 1. The number of carboxylic acid groups (broad SMARTS) is 1. The maximum Gasteiger partial charge on any atom is 0.305 e. The molecule has 1 aromatic heterocycles. The number of aromatic nitrogens is 2. The second-order valence-corrected chi connectivity index (χ2v) is 6.17. The fraction of sp³-hybridized carbons (Fsp3) is 0.636. The molecule has 0 atom stereocenters. The van der Waals surface area contributed by atoms with E-state index in [1.54, 1.807) is 0 Å². The molecule has 0 amide bonds. The molecule has 0 spiro atoms. The molecule has 9 heteroatoms. The Hall–Kier alpha value is -1.45. The smallest absolute Gasteiger partial charge is 0.305 e. The molecule has 0 radical (unpaired) electrons. The van der Waals surface area contributed by atoms with Gasteiger partial charge in [0.25, 0.3) is 0 Å². The number of carboxylic acids is 1. The first-order valence-corrected chi connectivity index (χ1v) is 7.65. The number of aliphatic carboxylic acids is 1. The zero-order valence-electron chi connectivity index (χ0n) is 11.4. The van der Waals surface area contributed by atoms with Crippen LogP contribution in [0.4, 0.5) is 0 Å². The van der Waals surface area contributed by atoms with Crippen molar-refractivity contribution in [2.45, 2.75) is 37.8 Å². The van der Waals surface area contributed by atoms with Gasteiger partial charge in [-0.1, -0.05) is 0 Å². The van der Waals surface area contributed by atoms with Crippen molar-refractivity contribution in [2.24, 2.45) is 0 Å². The molecule has 1 aromatic rings. The molecule has 1 heterocycles. The third-order valence-electron chi connectivity index (χ3n) is 2.32. The predicted octanol–water partition coefficient (Wildman–Crippen LogP) is 0.0611. The average molecular weight is 305 g/mol. The van der Waals surface area contributed by atoms with E-state index in [1.165, 1.54) is 17.1 Å². The van der Waals surface area contributed by atoms with Crippen molar-refractivity contribution in [1.29, 1.82) is 0 Å². The molecule has 0 bridgehead atoms. The third-order valence-corrected chi connectivity index (χ3v) is 3.74. The van der Waals surface area contributed by atoms with E-state index in [-0.39, 0.29) is 37.1 Å². The van der Waals surface area contributed by atoms with Crippen LogP contribution < -0.4 is 4.72 Å². The second-order valence-electron chi connectivity index (χ2n) is 4.40. The summed E-state index contributed by atoms with van der Waals surface area (Å²) in [4.78, 5) is 10.4. The van der Waals surface area contributed by atoms with Crippen molar-refractivity contribution < 1.29 is 23.1 Å². The van der Waals surface area contributed by atoms with Crippen LogP contribution >= 0.6 is 0 Å². The molecule has 0 fully saturated rings. The van der Waals surface area contributed by atoms with Crippen LogP contribution in [-0.2, 0) is 26.1 Å². The van der Waals surface area contributed by atoms with Crippen molar-refractivity contribution in [3.63, 3.8) is 0 Å². The minimum absolute atomic E-state index is 0.00688. The molecule has 0 saturated carbocycles. The van der Waals surface area contributed by atoms with Crippen molar-refractivity contribution in [3.05, 3.63) is 12.4 Å². The number of nitrogens with zero attached hydrogens (tertiary/aromatic N) is 2. The highest BCUT2D eigenvalue weighted by Crippen LogP contribution is 2.07. The van der Waals surface area contributed by atoms with Crippen molar-refractivity contribution in [1.82, 2.24) is 14.5 Å². The molecule has 0 aromatic carbocycles. The molecular weight excluding hydrogens is 286 g/mol. The summed E-state index contributed by atoms with van der Waals surface area (Å²) in [6.45, 7) is 4.30. The largest absolute Gasteiger partial charge is 0.481 e. The third kappa shape index (κ3) is 5.68. The number of rotatable bonds is 9. The normalized spacial score (nSPS) is 11.9. The van der Waals surface area contributed by atoms with Crippen LogP contribution in [0.1, 0.15) is 20.3 Å². The number of hydrogen-bond acceptors (Lipinski definition) is 5. The van der Waals surface area contributed by atoms with Crippen LogP contribution in [-0.4, -0.2) is 48.5 Å². The minimum Gasteiger partial charge on any atom is -0.481 e. The maximum atomic E-state index is 11.9. The molecule has 0 unspecified atom stereocenters. The van der Waals surface area contributed by atoms with E-state index in [0.29, 0.717) is 0 Å². The number of nitrogens with one attached hydrogen (secondary N) is 1. The molecule has 20 heavy (non-hydrogen) atoms. The summed E-state index contributed by atoms with van der Waals surface area (Å²) in [5.74, 6) is -0.964. The van der Waals surface area contributed by atoms with Gasteiger partial charge < -0.3 is 9.84 Å². The van der Waals surface area contributed by atoms with E-state index in [9.17, 15) is 13.2 Å². The summed E-state index contributed by atoms with van der Waals surface area (Å²) >= 11 is 0. The van der Waals surface area contributed by atoms with Crippen molar-refractivity contribution >= 4 is 16.0 Å². The number of ether oxygens (including phenoxy) is 1.